The monoisotopic (exact) mass is 482 g/mol. The van der Waals surface area contributed by atoms with Crippen LogP contribution in [0.2, 0.25) is 0 Å². The lowest BCUT2D eigenvalue weighted by Crippen LogP contribution is -2.22. The average molecular weight is 482 g/mol. The number of rotatable bonds is 4. The third-order valence-electron chi connectivity index (χ3n) is 5.91. The van der Waals surface area contributed by atoms with Crippen molar-refractivity contribution in [2.75, 3.05) is 14.2 Å². The third kappa shape index (κ3) is 3.69. The maximum Gasteiger partial charge on any atom is 0.312 e. The molecule has 0 saturated carbocycles. The van der Waals surface area contributed by atoms with E-state index in [1.54, 1.807) is 18.2 Å². The molecule has 0 bridgehead atoms. The van der Waals surface area contributed by atoms with E-state index < -0.39 is 35.1 Å². The molecule has 2 aliphatic heterocycles. The van der Waals surface area contributed by atoms with Crippen LogP contribution < -0.4 is 18.9 Å². The molecule has 35 heavy (non-hydrogen) atoms. The summed E-state index contributed by atoms with van der Waals surface area (Å²) in [5, 5.41) is 0. The smallest absolute Gasteiger partial charge is 0.312 e. The molecule has 3 aromatic carbocycles. The lowest BCUT2D eigenvalue weighted by atomic mass is 9.84. The summed E-state index contributed by atoms with van der Waals surface area (Å²) < 4.78 is 63.5. The molecule has 6 nitrogen and oxygen atoms in total. The van der Waals surface area contributed by atoms with Crippen molar-refractivity contribution in [1.29, 1.82) is 0 Å². The highest BCUT2D eigenvalue weighted by Crippen LogP contribution is 2.49. The van der Waals surface area contributed by atoms with Crippen molar-refractivity contribution in [2.45, 2.75) is 12.3 Å². The first-order chi connectivity index (χ1) is 16.8. The molecule has 0 aliphatic carbocycles. The van der Waals surface area contributed by atoms with Crippen molar-refractivity contribution in [3.63, 3.8) is 0 Å². The summed E-state index contributed by atoms with van der Waals surface area (Å²) in [5.41, 5.74) is 0.975. The van der Waals surface area contributed by atoms with Gasteiger partial charge in [-0.3, -0.25) is 9.59 Å². The Kier molecular flexibility index (Phi) is 5.47. The van der Waals surface area contributed by atoms with E-state index in [0.29, 0.717) is 17.1 Å². The quantitative estimate of drug-likeness (QED) is 0.221. The van der Waals surface area contributed by atoms with E-state index in [2.05, 4.69) is 0 Å². The number of carbonyl (C=O) groups is 2. The normalized spacial score (nSPS) is 17.5. The van der Waals surface area contributed by atoms with Gasteiger partial charge in [-0.05, 0) is 42.0 Å². The second-order valence-electron chi connectivity index (χ2n) is 7.91. The summed E-state index contributed by atoms with van der Waals surface area (Å²) in [6.07, 6.45) is 1.20. The Bertz CT molecular complexity index is 1410. The molecule has 3 aromatic rings. The van der Waals surface area contributed by atoms with Gasteiger partial charge in [-0.2, -0.15) is 0 Å². The van der Waals surface area contributed by atoms with Crippen LogP contribution in [-0.4, -0.2) is 26.0 Å². The molecule has 0 saturated heterocycles. The predicted octanol–water partition coefficient (Wildman–Crippen LogP) is 5.18. The van der Waals surface area contributed by atoms with Crippen molar-refractivity contribution < 1.29 is 41.7 Å². The van der Waals surface area contributed by atoms with E-state index in [1.165, 1.54) is 32.4 Å². The van der Waals surface area contributed by atoms with Crippen molar-refractivity contribution in [2.24, 2.45) is 0 Å². The van der Waals surface area contributed by atoms with Gasteiger partial charge in [0.1, 0.15) is 11.5 Å². The van der Waals surface area contributed by atoms with E-state index in [0.717, 1.165) is 12.1 Å². The predicted molar refractivity (Wildman–Crippen MR) is 117 cm³/mol. The number of para-hydroxylation sites is 1. The number of methoxy groups -OCH3 is 2. The number of carbonyl (C=O) groups excluding carboxylic acids is 2. The Labute approximate surface area is 197 Å². The largest absolute Gasteiger partial charge is 0.493 e. The molecule has 178 valence electrons. The van der Waals surface area contributed by atoms with Gasteiger partial charge in [-0.1, -0.05) is 12.1 Å². The maximum absolute atomic E-state index is 14.0. The van der Waals surface area contributed by atoms with Gasteiger partial charge < -0.3 is 18.9 Å². The topological polar surface area (TPSA) is 71.1 Å². The Hall–Kier alpha value is -4.27. The molecule has 1 unspecified atom stereocenters. The molecule has 0 radical (unpaired) electrons. The van der Waals surface area contributed by atoms with Crippen LogP contribution in [-0.2, 0) is 4.79 Å². The minimum Gasteiger partial charge on any atom is -0.493 e. The highest BCUT2D eigenvalue weighted by atomic mass is 19.2. The minimum absolute atomic E-state index is 0.00986. The van der Waals surface area contributed by atoms with Crippen molar-refractivity contribution in [1.82, 2.24) is 0 Å². The third-order valence-corrected chi connectivity index (χ3v) is 5.91. The molecule has 0 amide bonds. The summed E-state index contributed by atoms with van der Waals surface area (Å²) >= 11 is 0. The molecule has 2 heterocycles. The SMILES string of the molecule is COc1cccc(/C=C2\Oc3c(ccc4c3C(c3cc(F)c(F)c(F)c3)CC(=O)O4)C2=O)c1OC. The summed E-state index contributed by atoms with van der Waals surface area (Å²) in [4.78, 5) is 25.4. The van der Waals surface area contributed by atoms with Gasteiger partial charge in [-0.25, -0.2) is 13.2 Å². The molecule has 0 aromatic heterocycles. The fourth-order valence-electron chi connectivity index (χ4n) is 4.33. The van der Waals surface area contributed by atoms with Crippen LogP contribution in [0.5, 0.6) is 23.0 Å². The summed E-state index contributed by atoms with van der Waals surface area (Å²) in [6.45, 7) is 0. The Morgan fingerprint density at radius 2 is 1.71 bits per heavy atom. The molecule has 1 atom stereocenters. The van der Waals surface area contributed by atoms with Crippen LogP contribution in [0, 0.1) is 17.5 Å². The number of fused-ring (bicyclic) bond motifs is 3. The van der Waals surface area contributed by atoms with E-state index in [4.69, 9.17) is 18.9 Å². The highest BCUT2D eigenvalue weighted by Gasteiger charge is 2.39. The molecular formula is C26H17F3O6. The number of halogens is 3. The Balaban J connectivity index is 1.63. The number of esters is 1. The number of ether oxygens (including phenoxy) is 4. The summed E-state index contributed by atoms with van der Waals surface area (Å²) in [6, 6.07) is 9.63. The second kappa shape index (κ2) is 8.50. The first-order valence-corrected chi connectivity index (χ1v) is 10.5. The van der Waals surface area contributed by atoms with E-state index in [-0.39, 0.29) is 40.4 Å². The molecule has 0 N–H and O–H groups in total. The van der Waals surface area contributed by atoms with Gasteiger partial charge in [0, 0.05) is 17.0 Å². The second-order valence-corrected chi connectivity index (χ2v) is 7.91. The minimum atomic E-state index is -1.62. The van der Waals surface area contributed by atoms with Gasteiger partial charge >= 0.3 is 5.97 Å². The Morgan fingerprint density at radius 1 is 0.971 bits per heavy atom. The number of Topliss-reactive ketones (excluding diaryl/α,β-unsaturated/α-hetero) is 1. The first kappa shape index (κ1) is 22.5. The number of hydrogen-bond acceptors (Lipinski definition) is 6. The molecule has 0 fully saturated rings. The molecule has 0 spiro atoms. The first-order valence-electron chi connectivity index (χ1n) is 10.5. The Morgan fingerprint density at radius 3 is 2.40 bits per heavy atom. The zero-order valence-electron chi connectivity index (χ0n) is 18.5. The van der Waals surface area contributed by atoms with E-state index in [9.17, 15) is 22.8 Å². The molecule has 2 aliphatic rings. The standard InChI is InChI=1S/C26H17F3O6/c1-32-19-5-3-4-12(25(19)33-2)10-20-24(31)14-6-7-18-22(26(14)35-20)15(11-21(30)34-18)13-8-16(27)23(29)17(28)9-13/h3-10,15H,11H2,1-2H3/b20-10-. The molecular weight excluding hydrogens is 465 g/mol. The van der Waals surface area contributed by atoms with Crippen LogP contribution in [0.25, 0.3) is 6.08 Å². The van der Waals surface area contributed by atoms with Gasteiger partial charge in [0.25, 0.3) is 0 Å². The van der Waals surface area contributed by atoms with Crippen molar-refractivity contribution in [3.8, 4) is 23.0 Å². The van der Waals surface area contributed by atoms with Crippen LogP contribution >= 0.6 is 0 Å². The highest BCUT2D eigenvalue weighted by molar-refractivity contribution is 6.15. The van der Waals surface area contributed by atoms with Crippen molar-refractivity contribution in [3.05, 3.63) is 87.9 Å². The van der Waals surface area contributed by atoms with Crippen molar-refractivity contribution >= 4 is 17.8 Å². The number of ketones is 1. The summed E-state index contributed by atoms with van der Waals surface area (Å²) in [7, 11) is 2.94. The number of hydrogen-bond donors (Lipinski definition) is 0. The number of allylic oxidation sites excluding steroid dienone is 1. The average Bonchev–Trinajstić information content (AvgIpc) is 3.16. The lowest BCUT2D eigenvalue weighted by Gasteiger charge is -2.26. The zero-order chi connectivity index (χ0) is 24.9. The fourth-order valence-corrected chi connectivity index (χ4v) is 4.33. The van der Waals surface area contributed by atoms with E-state index in [1.807, 2.05) is 0 Å². The van der Waals surface area contributed by atoms with E-state index >= 15 is 0 Å². The molecule has 9 heteroatoms. The lowest BCUT2D eigenvalue weighted by molar-refractivity contribution is -0.135. The van der Waals surface area contributed by atoms with Gasteiger partial charge in [0.05, 0.1) is 26.2 Å². The van der Waals surface area contributed by atoms with Crippen LogP contribution in [0.4, 0.5) is 13.2 Å². The molecule has 5 rings (SSSR count). The van der Waals surface area contributed by atoms with Gasteiger partial charge in [-0.15, -0.1) is 0 Å². The van der Waals surface area contributed by atoms with Crippen LogP contribution in [0.15, 0.2) is 48.2 Å². The zero-order valence-corrected chi connectivity index (χ0v) is 18.5. The van der Waals surface area contributed by atoms with Crippen LogP contribution in [0.3, 0.4) is 0 Å². The maximum atomic E-state index is 14.0. The summed E-state index contributed by atoms with van der Waals surface area (Å²) in [5.74, 6) is -5.42. The van der Waals surface area contributed by atoms with Crippen LogP contribution in [0.1, 0.15) is 39.4 Å². The number of benzene rings is 3. The fraction of sp³-hybridized carbons (Fsp3) is 0.154. The van der Waals surface area contributed by atoms with Gasteiger partial charge in [0.15, 0.2) is 34.7 Å². The van der Waals surface area contributed by atoms with Gasteiger partial charge in [0.2, 0.25) is 5.78 Å².